The minimum Gasteiger partial charge on any atom is -0.508 e. The van der Waals surface area contributed by atoms with Gasteiger partial charge >= 0.3 is 0 Å². The summed E-state index contributed by atoms with van der Waals surface area (Å²) in [4.78, 5) is 11.5. The fraction of sp³-hybridized carbons (Fsp3) is 0.500. The number of rotatable bonds is 0. The van der Waals surface area contributed by atoms with Gasteiger partial charge in [0.1, 0.15) is 5.75 Å². The van der Waals surface area contributed by atoms with Crippen LogP contribution in [0.1, 0.15) is 26.5 Å². The molecule has 3 nitrogen and oxygen atoms in total. The highest BCUT2D eigenvalue weighted by molar-refractivity contribution is 5.22. The molecule has 0 aliphatic heterocycles. The van der Waals surface area contributed by atoms with E-state index in [-0.39, 0.29) is 16.8 Å². The maximum atomic E-state index is 11.5. The highest BCUT2D eigenvalue weighted by Crippen LogP contribution is 2.16. The molecule has 0 aromatic carbocycles. The molecule has 0 aliphatic carbocycles. The maximum Gasteiger partial charge on any atom is 0.254 e. The van der Waals surface area contributed by atoms with E-state index in [1.54, 1.807) is 10.6 Å². The molecule has 3 heteroatoms. The molecular formula is C10H15NO2. The fourth-order valence-corrected chi connectivity index (χ4v) is 1.54. The molecule has 1 rings (SSSR count). The first-order chi connectivity index (χ1) is 5.82. The van der Waals surface area contributed by atoms with E-state index < -0.39 is 0 Å². The monoisotopic (exact) mass is 181 g/mol. The van der Waals surface area contributed by atoms with Crippen LogP contribution in [0.5, 0.6) is 5.75 Å². The van der Waals surface area contributed by atoms with Crippen LogP contribution in [-0.4, -0.2) is 9.67 Å². The number of pyridine rings is 1. The van der Waals surface area contributed by atoms with Crippen molar-refractivity contribution in [1.82, 2.24) is 4.57 Å². The van der Waals surface area contributed by atoms with E-state index in [4.69, 9.17) is 0 Å². The summed E-state index contributed by atoms with van der Waals surface area (Å²) in [5.74, 6) is 0.0306. The molecule has 0 bridgehead atoms. The second-order valence-corrected chi connectivity index (χ2v) is 4.20. The lowest BCUT2D eigenvalue weighted by atomic mass is 10.1. The summed E-state index contributed by atoms with van der Waals surface area (Å²) < 4.78 is 1.66. The van der Waals surface area contributed by atoms with Gasteiger partial charge in [-0.3, -0.25) is 4.79 Å². The summed E-state index contributed by atoms with van der Waals surface area (Å²) in [5, 5.41) is 9.17. The number of nitrogens with zero attached hydrogens (tertiary/aromatic N) is 1. The zero-order chi connectivity index (χ0) is 10.2. The highest BCUT2D eigenvalue weighted by Gasteiger charge is 2.16. The van der Waals surface area contributed by atoms with Crippen LogP contribution in [0.15, 0.2) is 16.9 Å². The van der Waals surface area contributed by atoms with E-state index >= 15 is 0 Å². The van der Waals surface area contributed by atoms with Gasteiger partial charge in [-0.25, -0.2) is 0 Å². The van der Waals surface area contributed by atoms with Crippen molar-refractivity contribution < 1.29 is 5.11 Å². The quantitative estimate of drug-likeness (QED) is 0.660. The number of hydrogen-bond acceptors (Lipinski definition) is 2. The van der Waals surface area contributed by atoms with Crippen molar-refractivity contribution in [3.63, 3.8) is 0 Å². The normalized spacial score (nSPS) is 11.7. The maximum absolute atomic E-state index is 11.5. The minimum absolute atomic E-state index is 0.0306. The average Bonchev–Trinajstić information content (AvgIpc) is 1.78. The van der Waals surface area contributed by atoms with E-state index in [1.165, 1.54) is 6.07 Å². The van der Waals surface area contributed by atoms with Crippen LogP contribution >= 0.6 is 0 Å². The average molecular weight is 181 g/mol. The molecule has 1 aromatic heterocycles. The third kappa shape index (κ3) is 1.91. The second-order valence-electron chi connectivity index (χ2n) is 4.20. The van der Waals surface area contributed by atoms with Crippen molar-refractivity contribution in [1.29, 1.82) is 0 Å². The molecule has 0 fully saturated rings. The minimum atomic E-state index is -0.241. The molecule has 0 atom stereocenters. The zero-order valence-electron chi connectivity index (χ0n) is 8.46. The van der Waals surface area contributed by atoms with Crippen LogP contribution in [0, 0.1) is 6.92 Å². The van der Waals surface area contributed by atoms with Gasteiger partial charge in [-0.2, -0.15) is 0 Å². The molecule has 1 heterocycles. The number of aromatic nitrogens is 1. The Bertz CT molecular complexity index is 371. The van der Waals surface area contributed by atoms with Crippen molar-refractivity contribution in [2.45, 2.75) is 33.2 Å². The molecule has 72 valence electrons. The smallest absolute Gasteiger partial charge is 0.254 e. The number of aryl methyl sites for hydroxylation is 1. The molecule has 1 aromatic rings. The third-order valence-electron chi connectivity index (χ3n) is 1.87. The first-order valence-electron chi connectivity index (χ1n) is 4.25. The van der Waals surface area contributed by atoms with Crippen molar-refractivity contribution >= 4 is 0 Å². The van der Waals surface area contributed by atoms with Gasteiger partial charge in [0.25, 0.3) is 5.56 Å². The Kier molecular flexibility index (Phi) is 2.20. The van der Waals surface area contributed by atoms with Crippen molar-refractivity contribution in [2.75, 3.05) is 0 Å². The molecule has 0 saturated carbocycles. The summed E-state index contributed by atoms with van der Waals surface area (Å²) in [6.45, 7) is 7.68. The van der Waals surface area contributed by atoms with Crippen LogP contribution in [0.4, 0.5) is 0 Å². The van der Waals surface area contributed by atoms with Gasteiger partial charge in [0, 0.05) is 17.3 Å². The van der Waals surface area contributed by atoms with E-state index in [2.05, 4.69) is 0 Å². The lowest BCUT2D eigenvalue weighted by Gasteiger charge is -2.24. The molecule has 0 unspecified atom stereocenters. The molecule has 0 saturated heterocycles. The Morgan fingerprint density at radius 2 is 1.85 bits per heavy atom. The molecule has 1 N–H and O–H groups in total. The Hall–Kier alpha value is -1.25. The van der Waals surface area contributed by atoms with Crippen LogP contribution in [0.25, 0.3) is 0 Å². The van der Waals surface area contributed by atoms with Gasteiger partial charge in [0.2, 0.25) is 0 Å². The van der Waals surface area contributed by atoms with Crippen molar-refractivity contribution in [3.8, 4) is 5.75 Å². The summed E-state index contributed by atoms with van der Waals surface area (Å²) in [6, 6.07) is 2.82. The van der Waals surface area contributed by atoms with Crippen LogP contribution in [-0.2, 0) is 5.54 Å². The van der Waals surface area contributed by atoms with Gasteiger partial charge in [0.15, 0.2) is 0 Å². The molecule has 13 heavy (non-hydrogen) atoms. The van der Waals surface area contributed by atoms with Gasteiger partial charge in [-0.05, 0) is 33.8 Å². The Morgan fingerprint density at radius 3 is 2.23 bits per heavy atom. The van der Waals surface area contributed by atoms with Crippen molar-refractivity contribution in [3.05, 3.63) is 28.2 Å². The molecule has 0 aliphatic rings. The standard InChI is InChI=1S/C10H15NO2/c1-7-5-8(12)6-9(13)11(7)10(2,3)4/h5-6,12H,1-4H3. The lowest BCUT2D eigenvalue weighted by molar-refractivity contribution is 0.371. The van der Waals surface area contributed by atoms with Gasteiger partial charge in [-0.15, -0.1) is 0 Å². The summed E-state index contributed by atoms with van der Waals surface area (Å²) in [7, 11) is 0. The Balaban J connectivity index is 3.47. The summed E-state index contributed by atoms with van der Waals surface area (Å²) in [6.07, 6.45) is 0. The molecule has 0 amide bonds. The van der Waals surface area contributed by atoms with Gasteiger partial charge in [-0.1, -0.05) is 0 Å². The highest BCUT2D eigenvalue weighted by atomic mass is 16.3. The predicted molar refractivity (Wildman–Crippen MR) is 52.1 cm³/mol. The van der Waals surface area contributed by atoms with E-state index in [1.807, 2.05) is 27.7 Å². The molecule has 0 spiro atoms. The third-order valence-corrected chi connectivity index (χ3v) is 1.87. The predicted octanol–water partition coefficient (Wildman–Crippen LogP) is 1.62. The first-order valence-corrected chi connectivity index (χ1v) is 4.25. The largest absolute Gasteiger partial charge is 0.508 e. The van der Waals surface area contributed by atoms with Crippen LogP contribution < -0.4 is 5.56 Å². The topological polar surface area (TPSA) is 42.2 Å². The van der Waals surface area contributed by atoms with Crippen LogP contribution in [0.2, 0.25) is 0 Å². The SMILES string of the molecule is Cc1cc(O)cc(=O)n1C(C)(C)C. The zero-order valence-corrected chi connectivity index (χ0v) is 8.46. The second kappa shape index (κ2) is 2.91. The molecule has 0 radical (unpaired) electrons. The number of hydrogen-bond donors (Lipinski definition) is 1. The fourth-order valence-electron chi connectivity index (χ4n) is 1.54. The van der Waals surface area contributed by atoms with Crippen LogP contribution in [0.3, 0.4) is 0 Å². The first kappa shape index (κ1) is 9.84. The summed E-state index contributed by atoms with van der Waals surface area (Å²) >= 11 is 0. The van der Waals surface area contributed by atoms with E-state index in [0.29, 0.717) is 0 Å². The molecular weight excluding hydrogens is 166 g/mol. The van der Waals surface area contributed by atoms with Gasteiger partial charge in [0.05, 0.1) is 0 Å². The summed E-state index contributed by atoms with van der Waals surface area (Å²) in [5.41, 5.74) is 0.372. The van der Waals surface area contributed by atoms with E-state index in [0.717, 1.165) is 5.69 Å². The Morgan fingerprint density at radius 1 is 1.31 bits per heavy atom. The van der Waals surface area contributed by atoms with E-state index in [9.17, 15) is 9.90 Å². The number of aromatic hydroxyl groups is 1. The Labute approximate surface area is 77.6 Å². The van der Waals surface area contributed by atoms with Crippen molar-refractivity contribution in [2.24, 2.45) is 0 Å². The lowest BCUT2D eigenvalue weighted by Crippen LogP contribution is -2.34. The van der Waals surface area contributed by atoms with Gasteiger partial charge < -0.3 is 9.67 Å².